The number of nitrogens with zero attached hydrogens (tertiary/aromatic N) is 2. The fourth-order valence-corrected chi connectivity index (χ4v) is 2.92. The molecule has 0 bridgehead atoms. The van der Waals surface area contributed by atoms with Gasteiger partial charge in [0.25, 0.3) is 0 Å². The molecule has 1 saturated heterocycles. The maximum absolute atomic E-state index is 5.71. The zero-order valence-corrected chi connectivity index (χ0v) is 16.6. The van der Waals surface area contributed by atoms with Crippen molar-refractivity contribution in [1.29, 1.82) is 0 Å². The SMILES string of the molecule is C=CCOc1ccccc1CN=C(NCC)NCCCCN1CCOCC1. The normalized spacial score (nSPS) is 15.4. The van der Waals surface area contributed by atoms with Crippen molar-refractivity contribution in [2.45, 2.75) is 26.3 Å². The summed E-state index contributed by atoms with van der Waals surface area (Å²) >= 11 is 0. The van der Waals surface area contributed by atoms with E-state index in [0.717, 1.165) is 69.6 Å². The molecule has 6 nitrogen and oxygen atoms in total. The Kier molecular flexibility index (Phi) is 10.4. The molecule has 1 aliphatic heterocycles. The van der Waals surface area contributed by atoms with Crippen molar-refractivity contribution in [3.63, 3.8) is 0 Å². The lowest BCUT2D eigenvalue weighted by Gasteiger charge is -2.26. The maximum atomic E-state index is 5.71. The minimum Gasteiger partial charge on any atom is -0.489 e. The fraction of sp³-hybridized carbons (Fsp3) is 0.571. The van der Waals surface area contributed by atoms with Crippen molar-refractivity contribution < 1.29 is 9.47 Å². The van der Waals surface area contributed by atoms with Crippen LogP contribution >= 0.6 is 0 Å². The number of nitrogens with one attached hydrogen (secondary N) is 2. The van der Waals surface area contributed by atoms with Crippen LogP contribution in [-0.2, 0) is 11.3 Å². The van der Waals surface area contributed by atoms with Crippen LogP contribution in [0.5, 0.6) is 5.75 Å². The van der Waals surface area contributed by atoms with Gasteiger partial charge in [0, 0.05) is 31.7 Å². The van der Waals surface area contributed by atoms with Crippen LogP contribution in [0.25, 0.3) is 0 Å². The number of unbranched alkanes of at least 4 members (excludes halogenated alkanes) is 1. The summed E-state index contributed by atoms with van der Waals surface area (Å²) in [7, 11) is 0. The molecule has 2 N–H and O–H groups in total. The molecule has 1 aliphatic rings. The van der Waals surface area contributed by atoms with Gasteiger partial charge in [-0.25, -0.2) is 4.99 Å². The van der Waals surface area contributed by atoms with Gasteiger partial charge in [0.05, 0.1) is 19.8 Å². The molecule has 2 rings (SSSR count). The van der Waals surface area contributed by atoms with Gasteiger partial charge < -0.3 is 20.1 Å². The topological polar surface area (TPSA) is 58.1 Å². The molecule has 1 aromatic rings. The number of morpholine rings is 1. The van der Waals surface area contributed by atoms with Crippen LogP contribution in [0.3, 0.4) is 0 Å². The number of para-hydroxylation sites is 1. The zero-order valence-electron chi connectivity index (χ0n) is 16.6. The van der Waals surface area contributed by atoms with E-state index in [-0.39, 0.29) is 0 Å². The Hall–Kier alpha value is -2.05. The Bertz CT molecular complexity index is 571. The van der Waals surface area contributed by atoms with E-state index in [2.05, 4.69) is 29.0 Å². The molecule has 0 saturated carbocycles. The minimum absolute atomic E-state index is 0.502. The minimum atomic E-state index is 0.502. The summed E-state index contributed by atoms with van der Waals surface area (Å²) in [5.74, 6) is 1.71. The Morgan fingerprint density at radius 1 is 1.26 bits per heavy atom. The lowest BCUT2D eigenvalue weighted by atomic mass is 10.2. The first-order chi connectivity index (χ1) is 13.3. The summed E-state index contributed by atoms with van der Waals surface area (Å²) in [6.07, 6.45) is 4.06. The molecule has 1 fully saturated rings. The lowest BCUT2D eigenvalue weighted by molar-refractivity contribution is 0.0372. The van der Waals surface area contributed by atoms with E-state index in [1.807, 2.05) is 24.3 Å². The number of guanidine groups is 1. The molecule has 0 radical (unpaired) electrons. The second-order valence-electron chi connectivity index (χ2n) is 6.49. The summed E-state index contributed by atoms with van der Waals surface area (Å²) in [6.45, 7) is 13.6. The molecule has 1 heterocycles. The fourth-order valence-electron chi connectivity index (χ4n) is 2.92. The average Bonchev–Trinajstić information content (AvgIpc) is 2.71. The van der Waals surface area contributed by atoms with E-state index in [1.165, 1.54) is 6.42 Å². The van der Waals surface area contributed by atoms with Crippen LogP contribution < -0.4 is 15.4 Å². The van der Waals surface area contributed by atoms with E-state index >= 15 is 0 Å². The second kappa shape index (κ2) is 13.2. The van der Waals surface area contributed by atoms with Crippen LogP contribution in [0, 0.1) is 0 Å². The Balaban J connectivity index is 1.75. The van der Waals surface area contributed by atoms with Crippen molar-refractivity contribution in [3.8, 4) is 5.75 Å². The highest BCUT2D eigenvalue weighted by molar-refractivity contribution is 5.79. The molecule has 27 heavy (non-hydrogen) atoms. The third-order valence-electron chi connectivity index (χ3n) is 4.38. The number of rotatable bonds is 11. The Morgan fingerprint density at radius 3 is 2.85 bits per heavy atom. The van der Waals surface area contributed by atoms with E-state index < -0.39 is 0 Å². The second-order valence-corrected chi connectivity index (χ2v) is 6.49. The summed E-state index contributed by atoms with van der Waals surface area (Å²) in [5, 5.41) is 6.74. The number of ether oxygens (including phenoxy) is 2. The van der Waals surface area contributed by atoms with Gasteiger partial charge >= 0.3 is 0 Å². The molecule has 150 valence electrons. The smallest absolute Gasteiger partial charge is 0.191 e. The highest BCUT2D eigenvalue weighted by Crippen LogP contribution is 2.18. The van der Waals surface area contributed by atoms with Crippen LogP contribution in [0.2, 0.25) is 0 Å². The standard InChI is InChI=1S/C21H34N4O2/c1-3-15-27-20-10-6-5-9-19(20)18-24-21(22-4-2)23-11-7-8-12-25-13-16-26-17-14-25/h3,5-6,9-10H,1,4,7-8,11-18H2,2H3,(H2,22,23,24). The number of hydrogen-bond donors (Lipinski definition) is 2. The highest BCUT2D eigenvalue weighted by Gasteiger charge is 2.09. The lowest BCUT2D eigenvalue weighted by Crippen LogP contribution is -2.39. The van der Waals surface area contributed by atoms with Crippen LogP contribution in [-0.4, -0.2) is 63.4 Å². The van der Waals surface area contributed by atoms with E-state index in [4.69, 9.17) is 14.5 Å². The Morgan fingerprint density at radius 2 is 2.07 bits per heavy atom. The average molecular weight is 375 g/mol. The maximum Gasteiger partial charge on any atom is 0.191 e. The highest BCUT2D eigenvalue weighted by atomic mass is 16.5. The molecule has 1 aromatic carbocycles. The monoisotopic (exact) mass is 374 g/mol. The summed E-state index contributed by atoms with van der Waals surface area (Å²) < 4.78 is 11.1. The predicted octanol–water partition coefficient (Wildman–Crippen LogP) is 2.42. The van der Waals surface area contributed by atoms with Gasteiger partial charge in [-0.2, -0.15) is 0 Å². The van der Waals surface area contributed by atoms with Crippen molar-refractivity contribution in [3.05, 3.63) is 42.5 Å². The van der Waals surface area contributed by atoms with Gasteiger partial charge in [0.15, 0.2) is 5.96 Å². The third-order valence-corrected chi connectivity index (χ3v) is 4.38. The zero-order chi connectivity index (χ0) is 19.2. The largest absolute Gasteiger partial charge is 0.489 e. The summed E-state index contributed by atoms with van der Waals surface area (Å²) in [6, 6.07) is 8.01. The van der Waals surface area contributed by atoms with Gasteiger partial charge in [-0.3, -0.25) is 4.90 Å². The van der Waals surface area contributed by atoms with Crippen LogP contribution in [0.15, 0.2) is 41.9 Å². The molecule has 6 heteroatoms. The van der Waals surface area contributed by atoms with Crippen LogP contribution in [0.1, 0.15) is 25.3 Å². The van der Waals surface area contributed by atoms with Crippen molar-refractivity contribution >= 4 is 5.96 Å². The van der Waals surface area contributed by atoms with E-state index in [1.54, 1.807) is 6.08 Å². The summed E-state index contributed by atoms with van der Waals surface area (Å²) in [4.78, 5) is 7.18. The van der Waals surface area contributed by atoms with Gasteiger partial charge in [-0.05, 0) is 32.4 Å². The molecule has 0 atom stereocenters. The van der Waals surface area contributed by atoms with Crippen LogP contribution in [0.4, 0.5) is 0 Å². The van der Waals surface area contributed by atoms with Crippen molar-refractivity contribution in [2.75, 3.05) is 52.5 Å². The number of aliphatic imine (C=N–C) groups is 1. The quantitative estimate of drug-likeness (QED) is 0.270. The summed E-state index contributed by atoms with van der Waals surface area (Å²) in [5.41, 5.74) is 1.07. The predicted molar refractivity (Wildman–Crippen MR) is 111 cm³/mol. The number of hydrogen-bond acceptors (Lipinski definition) is 4. The van der Waals surface area contributed by atoms with E-state index in [0.29, 0.717) is 13.2 Å². The van der Waals surface area contributed by atoms with Gasteiger partial charge in [-0.15, -0.1) is 0 Å². The Labute approximate surface area is 163 Å². The van der Waals surface area contributed by atoms with Crippen molar-refractivity contribution in [1.82, 2.24) is 15.5 Å². The molecular formula is C21H34N4O2. The molecule has 0 aromatic heterocycles. The first-order valence-corrected chi connectivity index (χ1v) is 9.97. The molecule has 0 spiro atoms. The van der Waals surface area contributed by atoms with Gasteiger partial charge in [0.1, 0.15) is 12.4 Å². The first kappa shape index (κ1) is 21.3. The van der Waals surface area contributed by atoms with Crippen molar-refractivity contribution in [2.24, 2.45) is 4.99 Å². The van der Waals surface area contributed by atoms with E-state index in [9.17, 15) is 0 Å². The number of benzene rings is 1. The molecule has 0 aliphatic carbocycles. The first-order valence-electron chi connectivity index (χ1n) is 9.97. The molecule has 0 unspecified atom stereocenters. The third kappa shape index (κ3) is 8.45. The molecule has 0 amide bonds. The molecular weight excluding hydrogens is 340 g/mol. The van der Waals surface area contributed by atoms with Gasteiger partial charge in [-0.1, -0.05) is 30.9 Å². The van der Waals surface area contributed by atoms with Gasteiger partial charge in [0.2, 0.25) is 0 Å².